The molecule has 0 spiro atoms. The molecule has 136 valence electrons. The van der Waals surface area contributed by atoms with Crippen molar-refractivity contribution in [3.63, 3.8) is 0 Å². The molecule has 6 heteroatoms. The molecule has 1 heterocycles. The van der Waals surface area contributed by atoms with Crippen molar-refractivity contribution in [2.75, 3.05) is 20.3 Å². The Kier molecular flexibility index (Phi) is 4.84. The number of amides is 3. The molecule has 1 N–H and O–H groups in total. The zero-order valence-electron chi connectivity index (χ0n) is 15.1. The van der Waals surface area contributed by atoms with Gasteiger partial charge in [0.05, 0.1) is 13.7 Å². The highest BCUT2D eigenvalue weighted by atomic mass is 16.5. The number of nitrogens with zero attached hydrogens (tertiary/aromatic N) is 1. The quantitative estimate of drug-likeness (QED) is 0.810. The zero-order valence-corrected chi connectivity index (χ0v) is 15.1. The predicted molar refractivity (Wildman–Crippen MR) is 97.3 cm³/mol. The second-order valence-electron chi connectivity index (χ2n) is 6.41. The van der Waals surface area contributed by atoms with E-state index in [0.29, 0.717) is 11.3 Å². The van der Waals surface area contributed by atoms with Gasteiger partial charge < -0.3 is 14.8 Å². The molecule has 1 saturated heterocycles. The minimum absolute atomic E-state index is 0.185. The van der Waals surface area contributed by atoms with Crippen LogP contribution in [0.2, 0.25) is 0 Å². The molecule has 1 aliphatic heterocycles. The summed E-state index contributed by atoms with van der Waals surface area (Å²) < 4.78 is 10.8. The van der Waals surface area contributed by atoms with Crippen molar-refractivity contribution >= 4 is 11.9 Å². The van der Waals surface area contributed by atoms with Crippen molar-refractivity contribution < 1.29 is 19.1 Å². The third-order valence-corrected chi connectivity index (χ3v) is 4.52. The Morgan fingerprint density at radius 3 is 2.46 bits per heavy atom. The fraction of sp³-hybridized carbons (Fsp3) is 0.300. The smallest absolute Gasteiger partial charge is 0.325 e. The summed E-state index contributed by atoms with van der Waals surface area (Å²) in [5.74, 6) is 1.12. The van der Waals surface area contributed by atoms with Crippen molar-refractivity contribution in [3.05, 3.63) is 59.7 Å². The highest BCUT2D eigenvalue weighted by Gasteiger charge is 2.48. The summed E-state index contributed by atoms with van der Waals surface area (Å²) >= 11 is 0. The average molecular weight is 354 g/mol. The molecule has 3 rings (SSSR count). The van der Waals surface area contributed by atoms with Gasteiger partial charge in [-0.25, -0.2) is 4.79 Å². The molecule has 1 aliphatic rings. The largest absolute Gasteiger partial charge is 0.497 e. The zero-order chi connectivity index (χ0) is 18.7. The molecule has 0 radical (unpaired) electrons. The Hall–Kier alpha value is -3.02. The standard InChI is InChI=1S/C20H22N2O4/c1-14-5-4-6-17(13-14)26-12-11-22-18(23)20(2,21-19(22)24)15-7-9-16(25-3)10-8-15/h4-10,13H,11-12H2,1-3H3,(H,21,24). The minimum atomic E-state index is -1.09. The number of hydrogen-bond acceptors (Lipinski definition) is 4. The minimum Gasteiger partial charge on any atom is -0.497 e. The van der Waals surface area contributed by atoms with Crippen LogP contribution in [0.4, 0.5) is 4.79 Å². The molecule has 6 nitrogen and oxygen atoms in total. The first-order chi connectivity index (χ1) is 12.4. The van der Waals surface area contributed by atoms with E-state index in [0.717, 1.165) is 11.3 Å². The maximum absolute atomic E-state index is 12.8. The topological polar surface area (TPSA) is 67.9 Å². The van der Waals surface area contributed by atoms with Crippen LogP contribution in [0.1, 0.15) is 18.1 Å². The van der Waals surface area contributed by atoms with Crippen LogP contribution in [0.25, 0.3) is 0 Å². The van der Waals surface area contributed by atoms with Crippen LogP contribution in [0.5, 0.6) is 11.5 Å². The van der Waals surface area contributed by atoms with E-state index in [9.17, 15) is 9.59 Å². The molecule has 1 unspecified atom stereocenters. The van der Waals surface area contributed by atoms with E-state index in [1.165, 1.54) is 4.90 Å². The first-order valence-electron chi connectivity index (χ1n) is 8.42. The molecule has 0 saturated carbocycles. The molecule has 0 bridgehead atoms. The number of imide groups is 1. The van der Waals surface area contributed by atoms with Crippen molar-refractivity contribution in [1.29, 1.82) is 0 Å². The molecular formula is C20H22N2O4. The summed E-state index contributed by atoms with van der Waals surface area (Å²) in [7, 11) is 1.58. The van der Waals surface area contributed by atoms with Crippen molar-refractivity contribution in [2.24, 2.45) is 0 Å². The van der Waals surface area contributed by atoms with Crippen molar-refractivity contribution in [1.82, 2.24) is 10.2 Å². The molecule has 1 fully saturated rings. The summed E-state index contributed by atoms with van der Waals surface area (Å²) in [5, 5.41) is 2.78. The monoisotopic (exact) mass is 354 g/mol. The van der Waals surface area contributed by atoms with Crippen molar-refractivity contribution in [2.45, 2.75) is 19.4 Å². The highest BCUT2D eigenvalue weighted by Crippen LogP contribution is 2.29. The van der Waals surface area contributed by atoms with E-state index in [2.05, 4.69) is 5.32 Å². The number of carbonyl (C=O) groups is 2. The van der Waals surface area contributed by atoms with E-state index in [1.807, 2.05) is 31.2 Å². The molecule has 2 aromatic rings. The van der Waals surface area contributed by atoms with E-state index in [1.54, 1.807) is 38.3 Å². The van der Waals surface area contributed by atoms with Gasteiger partial charge in [-0.05, 0) is 49.2 Å². The molecule has 0 aliphatic carbocycles. The van der Waals surface area contributed by atoms with Crippen LogP contribution < -0.4 is 14.8 Å². The lowest BCUT2D eigenvalue weighted by atomic mass is 9.92. The average Bonchev–Trinajstić information content (AvgIpc) is 2.86. The maximum Gasteiger partial charge on any atom is 0.325 e. The van der Waals surface area contributed by atoms with Crippen LogP contribution >= 0.6 is 0 Å². The molecular weight excluding hydrogens is 332 g/mol. The molecule has 0 aromatic heterocycles. The van der Waals surface area contributed by atoms with Gasteiger partial charge in [0.2, 0.25) is 0 Å². The van der Waals surface area contributed by atoms with Crippen molar-refractivity contribution in [3.8, 4) is 11.5 Å². The SMILES string of the molecule is COc1ccc(C2(C)NC(=O)N(CCOc3cccc(C)c3)C2=O)cc1. The molecule has 3 amide bonds. The van der Waals surface area contributed by atoms with Gasteiger partial charge in [-0.2, -0.15) is 0 Å². The van der Waals surface area contributed by atoms with Gasteiger partial charge in [-0.15, -0.1) is 0 Å². The number of hydrogen-bond donors (Lipinski definition) is 1. The first-order valence-corrected chi connectivity index (χ1v) is 8.42. The maximum atomic E-state index is 12.8. The van der Waals surface area contributed by atoms with E-state index in [-0.39, 0.29) is 19.1 Å². The van der Waals surface area contributed by atoms with Crippen LogP contribution in [0, 0.1) is 6.92 Å². The Morgan fingerprint density at radius 1 is 1.08 bits per heavy atom. The number of nitrogens with one attached hydrogen (secondary N) is 1. The Morgan fingerprint density at radius 2 is 1.81 bits per heavy atom. The fourth-order valence-corrected chi connectivity index (χ4v) is 2.98. The third-order valence-electron chi connectivity index (χ3n) is 4.52. The normalized spacial score (nSPS) is 19.4. The number of ether oxygens (including phenoxy) is 2. The summed E-state index contributed by atoms with van der Waals surface area (Å²) in [6.45, 7) is 4.10. The van der Waals surface area contributed by atoms with E-state index >= 15 is 0 Å². The third kappa shape index (κ3) is 3.35. The fourth-order valence-electron chi connectivity index (χ4n) is 2.98. The number of carbonyl (C=O) groups excluding carboxylic acids is 2. The van der Waals surface area contributed by atoms with Crippen LogP contribution in [-0.4, -0.2) is 37.1 Å². The van der Waals surface area contributed by atoms with Gasteiger partial charge in [0.1, 0.15) is 23.6 Å². The number of rotatable bonds is 6. The summed E-state index contributed by atoms with van der Waals surface area (Å²) in [6.07, 6.45) is 0. The van der Waals surface area contributed by atoms with Gasteiger partial charge in [-0.3, -0.25) is 9.69 Å². The predicted octanol–water partition coefficient (Wildman–Crippen LogP) is 2.85. The second kappa shape index (κ2) is 7.07. The first kappa shape index (κ1) is 17.8. The Balaban J connectivity index is 1.67. The van der Waals surface area contributed by atoms with Gasteiger partial charge >= 0.3 is 6.03 Å². The number of aryl methyl sites for hydroxylation is 1. The summed E-state index contributed by atoms with van der Waals surface area (Å²) in [5.41, 5.74) is 0.704. The number of benzene rings is 2. The van der Waals surface area contributed by atoms with Gasteiger partial charge in [0, 0.05) is 0 Å². The van der Waals surface area contributed by atoms with E-state index < -0.39 is 11.6 Å². The Labute approximate surface area is 152 Å². The second-order valence-corrected chi connectivity index (χ2v) is 6.41. The molecule has 26 heavy (non-hydrogen) atoms. The number of urea groups is 1. The molecule has 1 atom stereocenters. The van der Waals surface area contributed by atoms with Gasteiger partial charge in [0.15, 0.2) is 0 Å². The lowest BCUT2D eigenvalue weighted by Gasteiger charge is -2.22. The summed E-state index contributed by atoms with van der Waals surface area (Å²) in [4.78, 5) is 26.3. The van der Waals surface area contributed by atoms with E-state index in [4.69, 9.17) is 9.47 Å². The van der Waals surface area contributed by atoms with Gasteiger partial charge in [-0.1, -0.05) is 24.3 Å². The lowest BCUT2D eigenvalue weighted by Crippen LogP contribution is -2.41. The summed E-state index contributed by atoms with van der Waals surface area (Å²) in [6, 6.07) is 14.3. The lowest BCUT2D eigenvalue weighted by molar-refractivity contribution is -0.131. The Bertz CT molecular complexity index is 819. The molecule has 2 aromatic carbocycles. The van der Waals surface area contributed by atoms with Crippen LogP contribution in [-0.2, 0) is 10.3 Å². The highest BCUT2D eigenvalue weighted by molar-refractivity contribution is 6.07. The number of methoxy groups -OCH3 is 1. The van der Waals surface area contributed by atoms with Crippen LogP contribution in [0.15, 0.2) is 48.5 Å². The van der Waals surface area contributed by atoms with Crippen LogP contribution in [0.3, 0.4) is 0 Å². The van der Waals surface area contributed by atoms with Gasteiger partial charge in [0.25, 0.3) is 5.91 Å².